The van der Waals surface area contributed by atoms with Crippen LogP contribution in [-0.4, -0.2) is 46.1 Å². The van der Waals surface area contributed by atoms with Gasteiger partial charge in [-0.15, -0.1) is 0 Å². The molecule has 1 aliphatic heterocycles. The molecular formula is C26H35N5O. The first-order chi connectivity index (χ1) is 15.5. The number of H-pyrrole nitrogens is 1. The molecular weight excluding hydrogens is 398 g/mol. The monoisotopic (exact) mass is 433 g/mol. The number of pyridine rings is 1. The van der Waals surface area contributed by atoms with Crippen LogP contribution in [-0.2, 0) is 0 Å². The van der Waals surface area contributed by atoms with E-state index >= 15 is 0 Å². The van der Waals surface area contributed by atoms with Gasteiger partial charge in [-0.05, 0) is 88.9 Å². The minimum atomic E-state index is -0.169. The molecule has 6 heteroatoms. The Morgan fingerprint density at radius 2 is 1.88 bits per heavy atom. The van der Waals surface area contributed by atoms with E-state index in [1.807, 2.05) is 56.3 Å². The fraction of sp³-hybridized carbons (Fsp3) is 0.462. The van der Waals surface area contributed by atoms with Crippen molar-refractivity contribution in [3.63, 3.8) is 0 Å². The summed E-state index contributed by atoms with van der Waals surface area (Å²) in [7, 11) is 0. The van der Waals surface area contributed by atoms with Crippen LogP contribution in [0.15, 0.2) is 48.7 Å². The van der Waals surface area contributed by atoms with Crippen molar-refractivity contribution >= 4 is 28.6 Å². The summed E-state index contributed by atoms with van der Waals surface area (Å²) in [6, 6.07) is 14.1. The maximum atomic E-state index is 13.1. The van der Waals surface area contributed by atoms with Crippen LogP contribution in [0.25, 0.3) is 11.0 Å². The van der Waals surface area contributed by atoms with Gasteiger partial charge < -0.3 is 9.88 Å². The molecule has 0 aliphatic carbocycles. The van der Waals surface area contributed by atoms with Gasteiger partial charge in [0, 0.05) is 24.0 Å². The van der Waals surface area contributed by atoms with Gasteiger partial charge in [-0.3, -0.25) is 10.2 Å². The minimum Gasteiger partial charge on any atom is -0.360 e. The number of benzene rings is 1. The van der Waals surface area contributed by atoms with E-state index < -0.39 is 0 Å². The van der Waals surface area contributed by atoms with E-state index in [2.05, 4.69) is 35.2 Å². The van der Waals surface area contributed by atoms with Gasteiger partial charge in [0.2, 0.25) is 0 Å². The van der Waals surface area contributed by atoms with Crippen LogP contribution in [0, 0.1) is 0 Å². The van der Waals surface area contributed by atoms with Crippen molar-refractivity contribution in [2.45, 2.75) is 65.0 Å². The minimum absolute atomic E-state index is 0.0275. The number of piperidine rings is 1. The Kier molecular flexibility index (Phi) is 6.80. The fourth-order valence-electron chi connectivity index (χ4n) is 4.72. The smallest absolute Gasteiger partial charge is 0.327 e. The highest BCUT2D eigenvalue weighted by Gasteiger charge is 2.26. The molecule has 0 saturated carbocycles. The topological polar surface area (TPSA) is 64.3 Å². The lowest BCUT2D eigenvalue weighted by Gasteiger charge is -2.35. The Hall–Kier alpha value is -2.86. The second-order valence-electron chi connectivity index (χ2n) is 9.13. The molecule has 1 aromatic carbocycles. The molecule has 6 nitrogen and oxygen atoms in total. The largest absolute Gasteiger partial charge is 0.360 e. The van der Waals surface area contributed by atoms with Gasteiger partial charge in [-0.2, -0.15) is 0 Å². The molecule has 1 atom stereocenters. The van der Waals surface area contributed by atoms with E-state index in [0.717, 1.165) is 42.7 Å². The van der Waals surface area contributed by atoms with Crippen molar-refractivity contribution in [3.8, 4) is 0 Å². The summed E-state index contributed by atoms with van der Waals surface area (Å²) in [6.45, 7) is 10.9. The number of aromatic nitrogens is 2. The van der Waals surface area contributed by atoms with Gasteiger partial charge in [-0.1, -0.05) is 25.1 Å². The lowest BCUT2D eigenvalue weighted by Crippen LogP contribution is -2.40. The van der Waals surface area contributed by atoms with Gasteiger partial charge in [0.05, 0.1) is 11.0 Å². The van der Waals surface area contributed by atoms with Crippen LogP contribution in [0.5, 0.6) is 0 Å². The third-order valence-electron chi connectivity index (χ3n) is 6.74. The molecule has 2 amide bonds. The number of hydrogen-bond donors (Lipinski definition) is 2. The van der Waals surface area contributed by atoms with Crippen LogP contribution in [0.1, 0.15) is 58.4 Å². The number of fused-ring (bicyclic) bond motifs is 1. The summed E-state index contributed by atoms with van der Waals surface area (Å²) in [5.74, 6) is 1.08. The molecule has 0 radical (unpaired) electrons. The normalized spacial score (nSPS) is 16.4. The average molecular weight is 434 g/mol. The van der Waals surface area contributed by atoms with E-state index in [4.69, 9.17) is 4.98 Å². The van der Waals surface area contributed by atoms with Crippen LogP contribution < -0.4 is 10.2 Å². The Morgan fingerprint density at radius 1 is 1.16 bits per heavy atom. The number of carbonyl (C=O) groups excluding carboxylic acids is 1. The summed E-state index contributed by atoms with van der Waals surface area (Å²) >= 11 is 0. The lowest BCUT2D eigenvalue weighted by atomic mass is 9.89. The molecule has 32 heavy (non-hydrogen) atoms. The number of amides is 2. The quantitative estimate of drug-likeness (QED) is 0.502. The standard InChI is InChI=1S/C26H35N5O/c1-5-19(4)30-15-13-20(14-16-30)22-17-27-23-11-12-24(28-25(22)23)29-26(32)31(18(2)3)21-9-7-6-8-10-21/h6-12,17-20,27H,5,13-16H2,1-4H3,(H,28,29,32). The van der Waals surface area contributed by atoms with Crippen molar-refractivity contribution in [1.29, 1.82) is 0 Å². The van der Waals surface area contributed by atoms with E-state index in [1.54, 1.807) is 4.90 Å². The second-order valence-corrected chi connectivity index (χ2v) is 9.13. The molecule has 4 rings (SSSR count). The number of aromatic amines is 1. The number of carbonyl (C=O) groups is 1. The van der Waals surface area contributed by atoms with E-state index in [-0.39, 0.29) is 12.1 Å². The average Bonchev–Trinajstić information content (AvgIpc) is 3.22. The van der Waals surface area contributed by atoms with Crippen molar-refractivity contribution in [3.05, 3.63) is 54.2 Å². The number of nitrogens with one attached hydrogen (secondary N) is 2. The molecule has 1 unspecified atom stereocenters. The summed E-state index contributed by atoms with van der Waals surface area (Å²) in [5.41, 5.74) is 4.13. The van der Waals surface area contributed by atoms with Crippen molar-refractivity contribution in [2.75, 3.05) is 23.3 Å². The predicted molar refractivity (Wildman–Crippen MR) is 132 cm³/mol. The first-order valence-electron chi connectivity index (χ1n) is 11.8. The van der Waals surface area contributed by atoms with Gasteiger partial charge in [-0.25, -0.2) is 9.78 Å². The second kappa shape index (κ2) is 9.74. The SMILES string of the molecule is CCC(C)N1CCC(c2c[nH]c3ccc(NC(=O)N(c4ccccc4)C(C)C)nc23)CC1. The molecule has 2 N–H and O–H groups in total. The van der Waals surface area contributed by atoms with E-state index in [9.17, 15) is 4.79 Å². The van der Waals surface area contributed by atoms with E-state index in [0.29, 0.717) is 17.8 Å². The van der Waals surface area contributed by atoms with Crippen LogP contribution in [0.4, 0.5) is 16.3 Å². The Morgan fingerprint density at radius 3 is 2.53 bits per heavy atom. The molecule has 0 bridgehead atoms. The molecule has 3 heterocycles. The maximum Gasteiger partial charge on any atom is 0.327 e. The zero-order valence-electron chi connectivity index (χ0n) is 19.6. The van der Waals surface area contributed by atoms with Gasteiger partial charge in [0.15, 0.2) is 0 Å². The van der Waals surface area contributed by atoms with Crippen LogP contribution >= 0.6 is 0 Å². The Labute approximate surface area is 191 Å². The van der Waals surface area contributed by atoms with Crippen molar-refractivity contribution < 1.29 is 4.79 Å². The zero-order chi connectivity index (χ0) is 22.7. The maximum absolute atomic E-state index is 13.1. The molecule has 3 aromatic rings. The fourth-order valence-corrected chi connectivity index (χ4v) is 4.72. The molecule has 1 fully saturated rings. The van der Waals surface area contributed by atoms with Gasteiger partial charge in [0.1, 0.15) is 5.82 Å². The van der Waals surface area contributed by atoms with Crippen LogP contribution in [0.2, 0.25) is 0 Å². The first-order valence-corrected chi connectivity index (χ1v) is 11.8. The summed E-state index contributed by atoms with van der Waals surface area (Å²) in [6.07, 6.45) is 5.59. The number of urea groups is 1. The zero-order valence-corrected chi connectivity index (χ0v) is 19.6. The molecule has 2 aromatic heterocycles. The first kappa shape index (κ1) is 22.3. The van der Waals surface area contributed by atoms with Crippen LogP contribution in [0.3, 0.4) is 0 Å². The number of anilines is 2. The van der Waals surface area contributed by atoms with Gasteiger partial charge in [0.25, 0.3) is 0 Å². The number of nitrogens with zero attached hydrogens (tertiary/aromatic N) is 3. The lowest BCUT2D eigenvalue weighted by molar-refractivity contribution is 0.158. The predicted octanol–water partition coefficient (Wildman–Crippen LogP) is 5.99. The summed E-state index contributed by atoms with van der Waals surface area (Å²) < 4.78 is 0. The number of rotatable bonds is 6. The molecule has 0 spiro atoms. The highest BCUT2D eigenvalue weighted by molar-refractivity contribution is 6.02. The molecule has 1 aliphatic rings. The highest BCUT2D eigenvalue weighted by Crippen LogP contribution is 2.33. The molecule has 1 saturated heterocycles. The molecule has 170 valence electrons. The van der Waals surface area contributed by atoms with E-state index in [1.165, 1.54) is 12.0 Å². The highest BCUT2D eigenvalue weighted by atomic mass is 16.2. The number of hydrogen-bond acceptors (Lipinski definition) is 3. The van der Waals surface area contributed by atoms with Gasteiger partial charge >= 0.3 is 6.03 Å². The number of para-hydroxylation sites is 1. The third kappa shape index (κ3) is 4.65. The summed E-state index contributed by atoms with van der Waals surface area (Å²) in [4.78, 5) is 25.7. The van der Waals surface area contributed by atoms with Crippen molar-refractivity contribution in [1.82, 2.24) is 14.9 Å². The third-order valence-corrected chi connectivity index (χ3v) is 6.74. The number of likely N-dealkylation sites (tertiary alicyclic amines) is 1. The Balaban J connectivity index is 1.52. The van der Waals surface area contributed by atoms with Crippen molar-refractivity contribution in [2.24, 2.45) is 0 Å². The Bertz CT molecular complexity index is 1040. The summed E-state index contributed by atoms with van der Waals surface area (Å²) in [5, 5.41) is 3.02.